The van der Waals surface area contributed by atoms with Crippen molar-refractivity contribution in [2.24, 2.45) is 0 Å². The minimum Gasteiger partial charge on any atom is -0.307 e. The summed E-state index contributed by atoms with van der Waals surface area (Å²) in [5.41, 5.74) is 11.0. The summed E-state index contributed by atoms with van der Waals surface area (Å²) in [5, 5.41) is 7.38. The van der Waals surface area contributed by atoms with Crippen molar-refractivity contribution in [2.75, 3.05) is 0 Å². The van der Waals surface area contributed by atoms with Crippen LogP contribution in [0.5, 0.6) is 0 Å². The lowest BCUT2D eigenvalue weighted by atomic mass is 10.1. The standard InChI is InChI=1S/C45H29N3/c1-3-14-31(15-4-1)40-28-35(29-41(46-40)32-16-5-2-6-17-32)48-43-22-12-10-20-37(43)39-26-25-38-36-19-9-11-21-42(36)47(44(38)45(39)48)34-24-23-30-13-7-8-18-33(30)27-34/h1-29H. The number of pyridine rings is 1. The number of hydrogen-bond acceptors (Lipinski definition) is 1. The molecule has 10 aromatic rings. The maximum absolute atomic E-state index is 5.22. The zero-order valence-corrected chi connectivity index (χ0v) is 26.1. The second-order valence-corrected chi connectivity index (χ2v) is 12.4. The van der Waals surface area contributed by atoms with Crippen molar-refractivity contribution in [2.45, 2.75) is 0 Å². The maximum Gasteiger partial charge on any atom is 0.0788 e. The Morgan fingerprint density at radius 2 is 0.812 bits per heavy atom. The van der Waals surface area contributed by atoms with Gasteiger partial charge in [0.2, 0.25) is 0 Å². The van der Waals surface area contributed by atoms with E-state index in [-0.39, 0.29) is 0 Å². The van der Waals surface area contributed by atoms with Gasteiger partial charge in [0.05, 0.1) is 39.1 Å². The molecule has 0 unspecified atom stereocenters. The van der Waals surface area contributed by atoms with Crippen molar-refractivity contribution in [3.8, 4) is 33.9 Å². The first-order chi connectivity index (χ1) is 23.8. The molecule has 0 aliphatic heterocycles. The van der Waals surface area contributed by atoms with Gasteiger partial charge < -0.3 is 9.13 Å². The summed E-state index contributed by atoms with van der Waals surface area (Å²) in [4.78, 5) is 5.22. The highest BCUT2D eigenvalue weighted by Gasteiger charge is 2.22. The molecular formula is C45H29N3. The summed E-state index contributed by atoms with van der Waals surface area (Å²) in [6, 6.07) is 63.1. The fraction of sp³-hybridized carbons (Fsp3) is 0. The first-order valence-corrected chi connectivity index (χ1v) is 16.4. The van der Waals surface area contributed by atoms with Crippen LogP contribution < -0.4 is 0 Å². The average molecular weight is 612 g/mol. The van der Waals surface area contributed by atoms with Crippen LogP contribution in [0.4, 0.5) is 0 Å². The highest BCUT2D eigenvalue weighted by atomic mass is 15.0. The second-order valence-electron chi connectivity index (χ2n) is 12.4. The van der Waals surface area contributed by atoms with Crippen LogP contribution in [0.25, 0.3) is 88.3 Å². The minimum absolute atomic E-state index is 0.945. The van der Waals surface area contributed by atoms with E-state index in [2.05, 4.69) is 185 Å². The molecule has 10 rings (SSSR count). The molecule has 3 aromatic heterocycles. The molecule has 0 amide bonds. The number of nitrogens with zero attached hydrogens (tertiary/aromatic N) is 3. The molecule has 0 atom stereocenters. The van der Waals surface area contributed by atoms with Gasteiger partial charge >= 0.3 is 0 Å². The van der Waals surface area contributed by atoms with Crippen molar-refractivity contribution < 1.29 is 0 Å². The Morgan fingerprint density at radius 3 is 1.40 bits per heavy atom. The van der Waals surface area contributed by atoms with Gasteiger partial charge in [0.15, 0.2) is 0 Å². The van der Waals surface area contributed by atoms with E-state index in [1.807, 2.05) is 0 Å². The summed E-state index contributed by atoms with van der Waals surface area (Å²) < 4.78 is 4.93. The fourth-order valence-corrected chi connectivity index (χ4v) is 7.51. The van der Waals surface area contributed by atoms with Crippen molar-refractivity contribution in [3.05, 3.63) is 176 Å². The predicted molar refractivity (Wildman–Crippen MR) is 201 cm³/mol. The topological polar surface area (TPSA) is 22.8 Å². The molecular weight excluding hydrogens is 583 g/mol. The predicted octanol–water partition coefficient (Wildman–Crippen LogP) is 11.8. The molecule has 0 radical (unpaired) electrons. The van der Waals surface area contributed by atoms with Crippen LogP contribution in [0.2, 0.25) is 0 Å². The molecule has 3 heterocycles. The smallest absolute Gasteiger partial charge is 0.0788 e. The largest absolute Gasteiger partial charge is 0.307 e. The summed E-state index contributed by atoms with van der Waals surface area (Å²) in [5.74, 6) is 0. The molecule has 7 aromatic carbocycles. The van der Waals surface area contributed by atoms with Crippen molar-refractivity contribution in [3.63, 3.8) is 0 Å². The Morgan fingerprint density at radius 1 is 0.333 bits per heavy atom. The van der Waals surface area contributed by atoms with E-state index in [4.69, 9.17) is 4.98 Å². The molecule has 0 aliphatic carbocycles. The SMILES string of the molecule is c1ccc(-c2cc(-n3c4ccccc4c4ccc5c6ccccc6n(-c6ccc7ccccc7c6)c5c43)cc(-c3ccccc3)n2)cc1. The molecule has 0 saturated carbocycles. The van der Waals surface area contributed by atoms with Crippen molar-refractivity contribution in [1.82, 2.24) is 14.1 Å². The summed E-state index contributed by atoms with van der Waals surface area (Å²) in [6.45, 7) is 0. The third kappa shape index (κ3) is 4.04. The van der Waals surface area contributed by atoms with Gasteiger partial charge in [0, 0.05) is 38.4 Å². The number of rotatable bonds is 4. The Hall–Kier alpha value is -6.45. The maximum atomic E-state index is 5.22. The Labute approximate surface area is 277 Å². The van der Waals surface area contributed by atoms with Crippen LogP contribution in [0, 0.1) is 0 Å². The van der Waals surface area contributed by atoms with E-state index in [9.17, 15) is 0 Å². The summed E-state index contributed by atoms with van der Waals surface area (Å²) >= 11 is 0. The van der Waals surface area contributed by atoms with E-state index in [0.717, 1.165) is 33.9 Å². The molecule has 0 aliphatic rings. The van der Waals surface area contributed by atoms with Crippen LogP contribution in [0.1, 0.15) is 0 Å². The van der Waals surface area contributed by atoms with Crippen molar-refractivity contribution in [1.29, 1.82) is 0 Å². The van der Waals surface area contributed by atoms with Crippen molar-refractivity contribution >= 4 is 54.4 Å². The molecule has 0 saturated heterocycles. The van der Waals surface area contributed by atoms with E-state index in [1.165, 1.54) is 54.4 Å². The normalized spacial score (nSPS) is 11.8. The van der Waals surface area contributed by atoms with Gasteiger partial charge in [0.1, 0.15) is 0 Å². The van der Waals surface area contributed by atoms with Crippen LogP contribution >= 0.6 is 0 Å². The number of fused-ring (bicyclic) bond motifs is 8. The monoisotopic (exact) mass is 611 g/mol. The third-order valence-electron chi connectivity index (χ3n) is 9.67. The molecule has 48 heavy (non-hydrogen) atoms. The van der Waals surface area contributed by atoms with Gasteiger partial charge in [-0.1, -0.05) is 140 Å². The highest BCUT2D eigenvalue weighted by Crippen LogP contribution is 2.42. The van der Waals surface area contributed by atoms with Gasteiger partial charge in [-0.3, -0.25) is 0 Å². The number of hydrogen-bond donors (Lipinski definition) is 0. The summed E-state index contributed by atoms with van der Waals surface area (Å²) in [7, 11) is 0. The van der Waals surface area contributed by atoms with E-state index in [1.54, 1.807) is 0 Å². The number of aromatic nitrogens is 3. The first kappa shape index (κ1) is 26.7. The zero-order valence-electron chi connectivity index (χ0n) is 26.1. The molecule has 0 spiro atoms. The minimum atomic E-state index is 0.945. The number of benzene rings is 7. The molecule has 0 N–H and O–H groups in total. The zero-order chi connectivity index (χ0) is 31.6. The Kier molecular flexibility index (Phi) is 5.87. The van der Waals surface area contributed by atoms with E-state index < -0.39 is 0 Å². The van der Waals surface area contributed by atoms with Gasteiger partial charge in [-0.15, -0.1) is 0 Å². The fourth-order valence-electron chi connectivity index (χ4n) is 7.51. The lowest BCUT2D eigenvalue weighted by Crippen LogP contribution is -2.00. The van der Waals surface area contributed by atoms with Crippen LogP contribution in [0.3, 0.4) is 0 Å². The molecule has 0 fully saturated rings. The molecule has 3 nitrogen and oxygen atoms in total. The lowest BCUT2D eigenvalue weighted by molar-refractivity contribution is 1.14. The van der Waals surface area contributed by atoms with E-state index >= 15 is 0 Å². The van der Waals surface area contributed by atoms with Gasteiger partial charge in [-0.25, -0.2) is 4.98 Å². The van der Waals surface area contributed by atoms with Crippen LogP contribution in [0.15, 0.2) is 176 Å². The third-order valence-corrected chi connectivity index (χ3v) is 9.67. The van der Waals surface area contributed by atoms with E-state index in [0.29, 0.717) is 0 Å². The molecule has 0 bridgehead atoms. The summed E-state index contributed by atoms with van der Waals surface area (Å²) in [6.07, 6.45) is 0. The number of para-hydroxylation sites is 2. The van der Waals surface area contributed by atoms with Gasteiger partial charge in [0.25, 0.3) is 0 Å². The van der Waals surface area contributed by atoms with Gasteiger partial charge in [-0.05, 0) is 47.2 Å². The highest BCUT2D eigenvalue weighted by molar-refractivity contribution is 6.24. The quantitative estimate of drug-likeness (QED) is 0.194. The van der Waals surface area contributed by atoms with Crippen LogP contribution in [-0.4, -0.2) is 14.1 Å². The van der Waals surface area contributed by atoms with Gasteiger partial charge in [-0.2, -0.15) is 0 Å². The first-order valence-electron chi connectivity index (χ1n) is 16.4. The average Bonchev–Trinajstić information content (AvgIpc) is 3.68. The lowest BCUT2D eigenvalue weighted by Gasteiger charge is -2.15. The Balaban J connectivity index is 1.38. The molecule has 224 valence electrons. The Bertz CT molecular complexity index is 2770. The molecule has 3 heteroatoms. The second kappa shape index (κ2) is 10.5. The van der Waals surface area contributed by atoms with Crippen LogP contribution in [-0.2, 0) is 0 Å².